The van der Waals surface area contributed by atoms with Gasteiger partial charge in [-0.2, -0.15) is 0 Å². The Morgan fingerprint density at radius 3 is 2.79 bits per heavy atom. The van der Waals surface area contributed by atoms with Crippen LogP contribution in [-0.4, -0.2) is 40.9 Å². The largest absolute Gasteiger partial charge is 0.358 e. The van der Waals surface area contributed by atoms with Gasteiger partial charge in [0, 0.05) is 18.7 Å². The Balaban J connectivity index is 1.96. The van der Waals surface area contributed by atoms with Gasteiger partial charge in [0.25, 0.3) is 5.91 Å². The maximum Gasteiger partial charge on any atom is 0.270 e. The minimum absolute atomic E-state index is 0.0229. The fraction of sp³-hybridized carbons (Fsp3) is 0.500. The van der Waals surface area contributed by atoms with Gasteiger partial charge in [-0.05, 0) is 19.8 Å². The van der Waals surface area contributed by atoms with Gasteiger partial charge in [0.2, 0.25) is 5.91 Å². The normalized spacial score (nSPS) is 21.6. The van der Waals surface area contributed by atoms with Gasteiger partial charge in [-0.1, -0.05) is 0 Å². The van der Waals surface area contributed by atoms with Crippen LogP contribution in [0.2, 0.25) is 0 Å². The third-order valence-corrected chi connectivity index (χ3v) is 3.35. The molecular formula is C12H15N5O2. The summed E-state index contributed by atoms with van der Waals surface area (Å²) in [6.07, 6.45) is 1.40. The average molecular weight is 261 g/mol. The van der Waals surface area contributed by atoms with E-state index in [1.807, 2.05) is 0 Å². The molecule has 19 heavy (non-hydrogen) atoms. The highest BCUT2D eigenvalue weighted by Crippen LogP contribution is 2.21. The molecule has 2 aliphatic heterocycles. The lowest BCUT2D eigenvalue weighted by molar-refractivity contribution is -0.119. The number of amides is 2. The van der Waals surface area contributed by atoms with Crippen LogP contribution in [-0.2, 0) is 11.2 Å². The molecule has 0 saturated carbocycles. The molecule has 1 fully saturated rings. The van der Waals surface area contributed by atoms with Crippen LogP contribution in [0.1, 0.15) is 28.3 Å². The molecule has 3 heterocycles. The maximum atomic E-state index is 11.8. The van der Waals surface area contributed by atoms with Crippen molar-refractivity contribution in [3.8, 4) is 0 Å². The summed E-state index contributed by atoms with van der Waals surface area (Å²) < 4.78 is 0. The number of carbonyl (C=O) groups is 2. The lowest BCUT2D eigenvalue weighted by Crippen LogP contribution is -2.36. The van der Waals surface area contributed by atoms with E-state index in [0.29, 0.717) is 36.8 Å². The number of hydrogen-bond acceptors (Lipinski definition) is 5. The van der Waals surface area contributed by atoms with E-state index in [0.717, 1.165) is 12.0 Å². The number of aryl methyl sites for hydroxylation is 1. The first-order valence-electron chi connectivity index (χ1n) is 6.35. The van der Waals surface area contributed by atoms with Crippen LogP contribution in [0.4, 0.5) is 5.82 Å². The predicted molar refractivity (Wildman–Crippen MR) is 67.8 cm³/mol. The summed E-state index contributed by atoms with van der Waals surface area (Å²) in [6.45, 7) is 2.98. The van der Waals surface area contributed by atoms with Crippen molar-refractivity contribution in [3.63, 3.8) is 0 Å². The van der Waals surface area contributed by atoms with E-state index in [2.05, 4.69) is 25.9 Å². The van der Waals surface area contributed by atoms with Crippen LogP contribution in [0, 0.1) is 6.92 Å². The molecular weight excluding hydrogens is 246 g/mol. The number of hydrogen-bond donors (Lipinski definition) is 3. The number of nitrogens with one attached hydrogen (secondary N) is 3. The molecule has 1 aromatic rings. The lowest BCUT2D eigenvalue weighted by Gasteiger charge is -2.20. The minimum Gasteiger partial charge on any atom is -0.358 e. The quantitative estimate of drug-likeness (QED) is 0.659. The zero-order valence-corrected chi connectivity index (χ0v) is 10.6. The molecule has 1 atom stereocenters. The Labute approximate surface area is 110 Å². The second-order valence-electron chi connectivity index (χ2n) is 4.73. The highest BCUT2D eigenvalue weighted by Gasteiger charge is 2.28. The van der Waals surface area contributed by atoms with Gasteiger partial charge in [0.15, 0.2) is 0 Å². The Morgan fingerprint density at radius 1 is 1.21 bits per heavy atom. The number of anilines is 1. The van der Waals surface area contributed by atoms with Gasteiger partial charge in [0.05, 0.1) is 0 Å². The van der Waals surface area contributed by atoms with Gasteiger partial charge in [-0.15, -0.1) is 0 Å². The molecule has 0 aliphatic carbocycles. The van der Waals surface area contributed by atoms with Crippen LogP contribution in [0.5, 0.6) is 0 Å². The molecule has 7 heteroatoms. The summed E-state index contributed by atoms with van der Waals surface area (Å²) in [5, 5.41) is 8.66. The highest BCUT2D eigenvalue weighted by molar-refractivity contribution is 5.96. The van der Waals surface area contributed by atoms with E-state index >= 15 is 0 Å². The Morgan fingerprint density at radius 2 is 2.05 bits per heavy atom. The van der Waals surface area contributed by atoms with Gasteiger partial charge >= 0.3 is 0 Å². The van der Waals surface area contributed by atoms with E-state index in [-0.39, 0.29) is 17.9 Å². The van der Waals surface area contributed by atoms with Crippen LogP contribution in [0.25, 0.3) is 0 Å². The smallest absolute Gasteiger partial charge is 0.270 e. The molecule has 1 aromatic heterocycles. The van der Waals surface area contributed by atoms with Crippen molar-refractivity contribution in [1.29, 1.82) is 0 Å². The maximum absolute atomic E-state index is 11.8. The third-order valence-electron chi connectivity index (χ3n) is 3.35. The topological polar surface area (TPSA) is 96.0 Å². The minimum atomic E-state index is -0.275. The molecule has 1 saturated heterocycles. The molecule has 0 spiro atoms. The van der Waals surface area contributed by atoms with E-state index in [1.165, 1.54) is 0 Å². The Kier molecular flexibility index (Phi) is 2.81. The van der Waals surface area contributed by atoms with Gasteiger partial charge in [-0.25, -0.2) is 9.97 Å². The van der Waals surface area contributed by atoms with Crippen LogP contribution in [0.15, 0.2) is 0 Å². The van der Waals surface area contributed by atoms with Gasteiger partial charge in [-0.3, -0.25) is 9.59 Å². The standard InChI is InChI=1S/C12H15N5O2/c1-6-15-9-7(2-4-14-12(9)19)10(16-6)17-8-3-5-13-11(8)18/h8H,2-5H2,1H3,(H,13,18)(H,14,19)(H,15,16,17). The molecule has 2 aliphatic rings. The molecule has 100 valence electrons. The van der Waals surface area contributed by atoms with E-state index in [9.17, 15) is 9.59 Å². The summed E-state index contributed by atoms with van der Waals surface area (Å²) in [4.78, 5) is 31.9. The first-order chi connectivity index (χ1) is 9.15. The zero-order valence-electron chi connectivity index (χ0n) is 10.6. The fourth-order valence-electron chi connectivity index (χ4n) is 2.42. The Hall–Kier alpha value is -2.18. The first-order valence-corrected chi connectivity index (χ1v) is 6.35. The summed E-state index contributed by atoms with van der Waals surface area (Å²) in [5.74, 6) is 0.937. The van der Waals surface area contributed by atoms with Crippen LogP contribution >= 0.6 is 0 Å². The third kappa shape index (κ3) is 2.11. The number of rotatable bonds is 2. The van der Waals surface area contributed by atoms with Crippen molar-refractivity contribution in [2.45, 2.75) is 25.8 Å². The van der Waals surface area contributed by atoms with Crippen molar-refractivity contribution >= 4 is 17.6 Å². The second-order valence-corrected chi connectivity index (χ2v) is 4.73. The van der Waals surface area contributed by atoms with E-state index in [1.54, 1.807) is 6.92 Å². The monoisotopic (exact) mass is 261 g/mol. The number of nitrogens with zero attached hydrogens (tertiary/aromatic N) is 2. The Bertz CT molecular complexity index is 557. The molecule has 2 amide bonds. The van der Waals surface area contributed by atoms with Crippen molar-refractivity contribution in [2.75, 3.05) is 18.4 Å². The number of carbonyl (C=O) groups excluding carboxylic acids is 2. The molecule has 3 rings (SSSR count). The first kappa shape index (κ1) is 11.9. The van der Waals surface area contributed by atoms with E-state index < -0.39 is 0 Å². The highest BCUT2D eigenvalue weighted by atomic mass is 16.2. The summed E-state index contributed by atoms with van der Waals surface area (Å²) in [7, 11) is 0. The second kappa shape index (κ2) is 4.49. The van der Waals surface area contributed by atoms with Crippen molar-refractivity contribution < 1.29 is 9.59 Å². The molecule has 7 nitrogen and oxygen atoms in total. The average Bonchev–Trinajstić information content (AvgIpc) is 2.76. The zero-order chi connectivity index (χ0) is 13.4. The summed E-state index contributed by atoms with van der Waals surface area (Å²) >= 11 is 0. The molecule has 0 aromatic carbocycles. The molecule has 0 bridgehead atoms. The summed E-state index contributed by atoms with van der Waals surface area (Å²) in [6, 6.07) is -0.275. The van der Waals surface area contributed by atoms with Crippen LogP contribution < -0.4 is 16.0 Å². The lowest BCUT2D eigenvalue weighted by atomic mass is 10.1. The van der Waals surface area contributed by atoms with Gasteiger partial charge in [0.1, 0.15) is 23.4 Å². The van der Waals surface area contributed by atoms with E-state index in [4.69, 9.17) is 0 Å². The number of aromatic nitrogens is 2. The predicted octanol–water partition coefficient (Wildman–Crippen LogP) is -0.629. The molecule has 0 radical (unpaired) electrons. The van der Waals surface area contributed by atoms with Crippen molar-refractivity contribution in [1.82, 2.24) is 20.6 Å². The molecule has 3 N–H and O–H groups in total. The van der Waals surface area contributed by atoms with Gasteiger partial charge < -0.3 is 16.0 Å². The summed E-state index contributed by atoms with van der Waals surface area (Å²) in [5.41, 5.74) is 1.22. The van der Waals surface area contributed by atoms with Crippen molar-refractivity contribution in [3.05, 3.63) is 17.1 Å². The number of fused-ring (bicyclic) bond motifs is 1. The van der Waals surface area contributed by atoms with Crippen molar-refractivity contribution in [2.24, 2.45) is 0 Å². The molecule has 1 unspecified atom stereocenters. The fourth-order valence-corrected chi connectivity index (χ4v) is 2.42. The van der Waals surface area contributed by atoms with Crippen LogP contribution in [0.3, 0.4) is 0 Å². The SMILES string of the molecule is Cc1nc(NC2CCNC2=O)c2c(n1)C(=O)NCC2.